The Morgan fingerprint density at radius 3 is 2.68 bits per heavy atom. The number of carbonyl (C=O) groups is 1. The standard InChI is InChI=1S/C13H13N3O3/c1-18-10-6-4-3-5-8(10)9-7-15-12(14)11(16-9)13(17)19-2/h3-7H,1-2H3,(H2,14,15). The second-order valence-corrected chi connectivity index (χ2v) is 3.68. The van der Waals surface area contributed by atoms with Crippen LogP contribution in [0.2, 0.25) is 0 Å². The van der Waals surface area contributed by atoms with E-state index in [-0.39, 0.29) is 11.5 Å². The van der Waals surface area contributed by atoms with Crippen molar-refractivity contribution in [3.05, 3.63) is 36.2 Å². The largest absolute Gasteiger partial charge is 0.496 e. The minimum Gasteiger partial charge on any atom is -0.496 e. The van der Waals surface area contributed by atoms with Crippen LogP contribution in [0, 0.1) is 0 Å². The first-order chi connectivity index (χ1) is 9.17. The van der Waals surface area contributed by atoms with Crippen LogP contribution >= 0.6 is 0 Å². The molecule has 6 heteroatoms. The smallest absolute Gasteiger partial charge is 0.360 e. The minimum absolute atomic E-state index is 0.00842. The van der Waals surface area contributed by atoms with Gasteiger partial charge < -0.3 is 15.2 Å². The Labute approximate surface area is 110 Å². The molecule has 0 fully saturated rings. The van der Waals surface area contributed by atoms with Gasteiger partial charge in [0.15, 0.2) is 11.5 Å². The number of anilines is 1. The van der Waals surface area contributed by atoms with E-state index in [4.69, 9.17) is 10.5 Å². The van der Waals surface area contributed by atoms with Crippen LogP contribution in [0.1, 0.15) is 10.5 Å². The van der Waals surface area contributed by atoms with Crippen LogP contribution in [-0.2, 0) is 4.74 Å². The molecule has 0 radical (unpaired) electrons. The molecule has 0 aliphatic carbocycles. The fourth-order valence-corrected chi connectivity index (χ4v) is 1.63. The van der Waals surface area contributed by atoms with E-state index >= 15 is 0 Å². The van der Waals surface area contributed by atoms with E-state index in [1.165, 1.54) is 13.3 Å². The van der Waals surface area contributed by atoms with Crippen molar-refractivity contribution in [3.8, 4) is 17.0 Å². The third-order valence-corrected chi connectivity index (χ3v) is 2.56. The molecule has 0 amide bonds. The van der Waals surface area contributed by atoms with E-state index in [1.54, 1.807) is 13.2 Å². The maximum absolute atomic E-state index is 11.5. The Morgan fingerprint density at radius 2 is 2.00 bits per heavy atom. The molecular formula is C13H13N3O3. The quantitative estimate of drug-likeness (QED) is 0.841. The summed E-state index contributed by atoms with van der Waals surface area (Å²) >= 11 is 0. The molecule has 1 heterocycles. The van der Waals surface area contributed by atoms with E-state index in [0.717, 1.165) is 5.56 Å². The Morgan fingerprint density at radius 1 is 1.26 bits per heavy atom. The van der Waals surface area contributed by atoms with Gasteiger partial charge in [0, 0.05) is 5.56 Å². The normalized spacial score (nSPS) is 10.0. The lowest BCUT2D eigenvalue weighted by Gasteiger charge is -2.09. The van der Waals surface area contributed by atoms with Crippen molar-refractivity contribution in [1.82, 2.24) is 9.97 Å². The molecule has 0 aliphatic heterocycles. The first-order valence-electron chi connectivity index (χ1n) is 5.51. The van der Waals surface area contributed by atoms with Gasteiger partial charge in [-0.25, -0.2) is 14.8 Å². The van der Waals surface area contributed by atoms with Gasteiger partial charge in [0.05, 0.1) is 26.1 Å². The predicted octanol–water partition coefficient (Wildman–Crippen LogP) is 1.52. The predicted molar refractivity (Wildman–Crippen MR) is 69.8 cm³/mol. The number of nitrogens with two attached hydrogens (primary N) is 1. The second kappa shape index (κ2) is 5.34. The molecule has 0 bridgehead atoms. The number of benzene rings is 1. The van der Waals surface area contributed by atoms with Crippen molar-refractivity contribution in [2.24, 2.45) is 0 Å². The van der Waals surface area contributed by atoms with Gasteiger partial charge >= 0.3 is 5.97 Å². The van der Waals surface area contributed by atoms with Crippen LogP contribution < -0.4 is 10.5 Å². The van der Waals surface area contributed by atoms with E-state index in [9.17, 15) is 4.79 Å². The van der Waals surface area contributed by atoms with Crippen molar-refractivity contribution in [2.45, 2.75) is 0 Å². The lowest BCUT2D eigenvalue weighted by molar-refractivity contribution is 0.0595. The lowest BCUT2D eigenvalue weighted by Crippen LogP contribution is -2.10. The Bertz CT molecular complexity index is 614. The van der Waals surface area contributed by atoms with Gasteiger partial charge in [-0.05, 0) is 12.1 Å². The van der Waals surface area contributed by atoms with Crippen molar-refractivity contribution in [2.75, 3.05) is 20.0 Å². The number of methoxy groups -OCH3 is 2. The minimum atomic E-state index is -0.623. The lowest BCUT2D eigenvalue weighted by atomic mass is 10.1. The van der Waals surface area contributed by atoms with E-state index in [2.05, 4.69) is 14.7 Å². The van der Waals surface area contributed by atoms with Crippen LogP contribution in [0.4, 0.5) is 5.82 Å². The fraction of sp³-hybridized carbons (Fsp3) is 0.154. The topological polar surface area (TPSA) is 87.3 Å². The summed E-state index contributed by atoms with van der Waals surface area (Å²) in [7, 11) is 2.82. The Hall–Kier alpha value is -2.63. The molecule has 0 spiro atoms. The number of hydrogen-bond acceptors (Lipinski definition) is 6. The van der Waals surface area contributed by atoms with Crippen LogP contribution in [0.3, 0.4) is 0 Å². The van der Waals surface area contributed by atoms with Gasteiger partial charge in [0.25, 0.3) is 0 Å². The molecule has 2 aromatic rings. The SMILES string of the molecule is COC(=O)c1nc(-c2ccccc2OC)cnc1N. The Balaban J connectivity index is 2.54. The highest BCUT2D eigenvalue weighted by Crippen LogP contribution is 2.28. The molecule has 2 N–H and O–H groups in total. The third kappa shape index (κ3) is 2.47. The molecule has 0 unspecified atom stereocenters. The molecule has 0 aliphatic rings. The highest BCUT2D eigenvalue weighted by Gasteiger charge is 2.16. The highest BCUT2D eigenvalue weighted by atomic mass is 16.5. The summed E-state index contributed by atoms with van der Waals surface area (Å²) in [6.07, 6.45) is 1.49. The van der Waals surface area contributed by atoms with E-state index < -0.39 is 5.97 Å². The number of carbonyl (C=O) groups excluding carboxylic acids is 1. The average molecular weight is 259 g/mol. The summed E-state index contributed by atoms with van der Waals surface area (Å²) in [6.45, 7) is 0. The summed E-state index contributed by atoms with van der Waals surface area (Å²) in [5.74, 6) is 0.0460. The van der Waals surface area contributed by atoms with Crippen molar-refractivity contribution >= 4 is 11.8 Å². The molecule has 0 saturated carbocycles. The summed E-state index contributed by atoms with van der Waals surface area (Å²) in [4.78, 5) is 19.7. The number of para-hydroxylation sites is 1. The highest BCUT2D eigenvalue weighted by molar-refractivity contribution is 5.92. The number of esters is 1. The number of nitrogen functional groups attached to an aromatic ring is 1. The molecule has 6 nitrogen and oxygen atoms in total. The summed E-state index contributed by atoms with van der Waals surface area (Å²) in [6, 6.07) is 7.30. The molecule has 1 aromatic carbocycles. The maximum atomic E-state index is 11.5. The van der Waals surface area contributed by atoms with Gasteiger partial charge in [0.1, 0.15) is 5.75 Å². The summed E-state index contributed by atoms with van der Waals surface area (Å²) in [5.41, 5.74) is 6.82. The molecule has 0 saturated heterocycles. The molecule has 1 aromatic heterocycles. The number of ether oxygens (including phenoxy) is 2. The maximum Gasteiger partial charge on any atom is 0.360 e. The first-order valence-corrected chi connectivity index (χ1v) is 5.51. The van der Waals surface area contributed by atoms with Gasteiger partial charge in [-0.1, -0.05) is 12.1 Å². The fourth-order valence-electron chi connectivity index (χ4n) is 1.63. The molecule has 0 atom stereocenters. The first kappa shape index (κ1) is 12.8. The summed E-state index contributed by atoms with van der Waals surface area (Å²) < 4.78 is 9.85. The summed E-state index contributed by atoms with van der Waals surface area (Å²) in [5, 5.41) is 0. The zero-order valence-electron chi connectivity index (χ0n) is 10.6. The van der Waals surface area contributed by atoms with Crippen molar-refractivity contribution < 1.29 is 14.3 Å². The van der Waals surface area contributed by atoms with Crippen LogP contribution in [0.25, 0.3) is 11.3 Å². The van der Waals surface area contributed by atoms with Crippen molar-refractivity contribution in [3.63, 3.8) is 0 Å². The number of nitrogens with zero attached hydrogens (tertiary/aromatic N) is 2. The number of rotatable bonds is 3. The number of aromatic nitrogens is 2. The zero-order chi connectivity index (χ0) is 13.8. The van der Waals surface area contributed by atoms with Gasteiger partial charge in [-0.3, -0.25) is 0 Å². The van der Waals surface area contributed by atoms with Crippen LogP contribution in [0.5, 0.6) is 5.75 Å². The van der Waals surface area contributed by atoms with Crippen molar-refractivity contribution in [1.29, 1.82) is 0 Å². The van der Waals surface area contributed by atoms with Crippen LogP contribution in [0.15, 0.2) is 30.5 Å². The molecule has 19 heavy (non-hydrogen) atoms. The number of hydrogen-bond donors (Lipinski definition) is 1. The zero-order valence-corrected chi connectivity index (χ0v) is 10.6. The van der Waals surface area contributed by atoms with Gasteiger partial charge in [0.2, 0.25) is 0 Å². The van der Waals surface area contributed by atoms with Crippen LogP contribution in [-0.4, -0.2) is 30.2 Å². The Kier molecular flexibility index (Phi) is 3.61. The van der Waals surface area contributed by atoms with Gasteiger partial charge in [-0.15, -0.1) is 0 Å². The van der Waals surface area contributed by atoms with Gasteiger partial charge in [-0.2, -0.15) is 0 Å². The molecular weight excluding hydrogens is 246 g/mol. The second-order valence-electron chi connectivity index (χ2n) is 3.68. The molecule has 2 rings (SSSR count). The average Bonchev–Trinajstić information content (AvgIpc) is 2.47. The van der Waals surface area contributed by atoms with E-state index in [1.807, 2.05) is 18.2 Å². The van der Waals surface area contributed by atoms with E-state index in [0.29, 0.717) is 11.4 Å². The molecule has 98 valence electrons. The monoisotopic (exact) mass is 259 g/mol. The third-order valence-electron chi connectivity index (χ3n) is 2.56.